The highest BCUT2D eigenvalue weighted by atomic mass is 32.2. The monoisotopic (exact) mass is 267 g/mol. The van der Waals surface area contributed by atoms with Gasteiger partial charge in [0.15, 0.2) is 6.29 Å². The summed E-state index contributed by atoms with van der Waals surface area (Å²) in [6.07, 6.45) is -4.11. The lowest BCUT2D eigenvalue weighted by atomic mass is 10.2. The number of carboxylic acids is 1. The number of aliphatic carboxylic acids is 1. The second-order valence-electron chi connectivity index (χ2n) is 3.85. The molecular weight excluding hydrogens is 250 g/mol. The molecule has 0 spiro atoms. The standard InChI is InChI=1S/C9H17NO6S/c10-4(8(13)14)1-2-17-3-5-6(11)7(12)9(15)16-5/h4-7,9,11-12,15H,1-3,10H2,(H,13,14)/t4-,5+,6+,7+,9?/m0/s1. The van der Waals surface area contributed by atoms with Gasteiger partial charge in [-0.1, -0.05) is 0 Å². The highest BCUT2D eigenvalue weighted by Gasteiger charge is 2.41. The van der Waals surface area contributed by atoms with Crippen LogP contribution in [0.15, 0.2) is 0 Å². The number of nitrogens with two attached hydrogens (primary N) is 1. The van der Waals surface area contributed by atoms with Gasteiger partial charge in [-0.3, -0.25) is 4.79 Å². The van der Waals surface area contributed by atoms with E-state index >= 15 is 0 Å². The second-order valence-corrected chi connectivity index (χ2v) is 5.00. The number of ether oxygens (including phenoxy) is 1. The Balaban J connectivity index is 2.17. The third-order valence-corrected chi connectivity index (χ3v) is 3.60. The Hall–Kier alpha value is -0.380. The summed E-state index contributed by atoms with van der Waals surface area (Å²) in [4.78, 5) is 10.4. The van der Waals surface area contributed by atoms with Gasteiger partial charge in [0, 0.05) is 5.75 Å². The van der Waals surface area contributed by atoms with Crippen LogP contribution < -0.4 is 5.73 Å². The van der Waals surface area contributed by atoms with Crippen LogP contribution in [0.1, 0.15) is 6.42 Å². The van der Waals surface area contributed by atoms with Crippen molar-refractivity contribution in [2.75, 3.05) is 11.5 Å². The summed E-state index contributed by atoms with van der Waals surface area (Å²) < 4.78 is 4.93. The smallest absolute Gasteiger partial charge is 0.320 e. The zero-order chi connectivity index (χ0) is 13.0. The third kappa shape index (κ3) is 4.09. The summed E-state index contributed by atoms with van der Waals surface area (Å²) in [6.45, 7) is 0. The van der Waals surface area contributed by atoms with Gasteiger partial charge in [0.25, 0.3) is 0 Å². The van der Waals surface area contributed by atoms with Crippen LogP contribution in [0.5, 0.6) is 0 Å². The highest BCUT2D eigenvalue weighted by Crippen LogP contribution is 2.23. The first kappa shape index (κ1) is 14.7. The van der Waals surface area contributed by atoms with Crippen molar-refractivity contribution in [2.45, 2.75) is 37.1 Å². The number of aliphatic hydroxyl groups excluding tert-OH is 3. The van der Waals surface area contributed by atoms with Gasteiger partial charge in [-0.25, -0.2) is 0 Å². The Labute approximate surface area is 103 Å². The van der Waals surface area contributed by atoms with Gasteiger partial charge in [0.2, 0.25) is 0 Å². The maximum atomic E-state index is 10.4. The van der Waals surface area contributed by atoms with Crippen LogP contribution in [0.2, 0.25) is 0 Å². The van der Waals surface area contributed by atoms with Gasteiger partial charge in [-0.15, -0.1) is 0 Å². The zero-order valence-electron chi connectivity index (χ0n) is 9.10. The van der Waals surface area contributed by atoms with E-state index in [0.717, 1.165) is 0 Å². The number of carboxylic acid groups (broad SMARTS) is 1. The average Bonchev–Trinajstić information content (AvgIpc) is 2.52. The lowest BCUT2D eigenvalue weighted by molar-refractivity contribution is -0.138. The van der Waals surface area contributed by atoms with Gasteiger partial charge in [-0.05, 0) is 12.2 Å². The van der Waals surface area contributed by atoms with Crippen molar-refractivity contribution >= 4 is 17.7 Å². The van der Waals surface area contributed by atoms with Crippen LogP contribution in [0.4, 0.5) is 0 Å². The van der Waals surface area contributed by atoms with Crippen LogP contribution in [0.3, 0.4) is 0 Å². The normalized spacial score (nSPS) is 34.8. The Kier molecular flexibility index (Phi) is 5.63. The molecule has 6 N–H and O–H groups in total. The van der Waals surface area contributed by atoms with Gasteiger partial charge < -0.3 is 30.9 Å². The molecule has 0 saturated carbocycles. The first-order valence-corrected chi connectivity index (χ1v) is 6.34. The number of hydrogen-bond donors (Lipinski definition) is 5. The molecule has 7 nitrogen and oxygen atoms in total. The highest BCUT2D eigenvalue weighted by molar-refractivity contribution is 7.99. The molecule has 0 aliphatic carbocycles. The molecule has 17 heavy (non-hydrogen) atoms. The molecule has 100 valence electrons. The van der Waals surface area contributed by atoms with E-state index in [0.29, 0.717) is 17.9 Å². The van der Waals surface area contributed by atoms with E-state index in [1.54, 1.807) is 0 Å². The molecule has 1 saturated heterocycles. The predicted molar refractivity (Wildman–Crippen MR) is 60.4 cm³/mol. The van der Waals surface area contributed by atoms with E-state index in [1.807, 2.05) is 0 Å². The molecule has 1 unspecified atom stereocenters. The lowest BCUT2D eigenvalue weighted by Crippen LogP contribution is -2.33. The molecule has 0 amide bonds. The van der Waals surface area contributed by atoms with Gasteiger partial charge in [-0.2, -0.15) is 11.8 Å². The molecule has 0 radical (unpaired) electrons. The minimum Gasteiger partial charge on any atom is -0.480 e. The minimum absolute atomic E-state index is 0.313. The number of hydrogen-bond acceptors (Lipinski definition) is 7. The van der Waals surface area contributed by atoms with Crippen molar-refractivity contribution in [3.63, 3.8) is 0 Å². The molecule has 5 atom stereocenters. The van der Waals surface area contributed by atoms with Crippen molar-refractivity contribution in [1.82, 2.24) is 0 Å². The lowest BCUT2D eigenvalue weighted by Gasteiger charge is -2.14. The zero-order valence-corrected chi connectivity index (χ0v) is 9.92. The molecule has 1 aliphatic rings. The van der Waals surface area contributed by atoms with Crippen molar-refractivity contribution < 1.29 is 30.0 Å². The maximum absolute atomic E-state index is 10.4. The van der Waals surface area contributed by atoms with Crippen LogP contribution in [-0.2, 0) is 9.53 Å². The topological polar surface area (TPSA) is 133 Å². The summed E-state index contributed by atoms with van der Waals surface area (Å²) in [5, 5.41) is 36.3. The number of rotatable bonds is 6. The second kappa shape index (κ2) is 6.53. The van der Waals surface area contributed by atoms with E-state index in [9.17, 15) is 15.0 Å². The Morgan fingerprint density at radius 3 is 2.47 bits per heavy atom. The van der Waals surface area contributed by atoms with Crippen LogP contribution in [-0.4, -0.2) is 68.5 Å². The van der Waals surface area contributed by atoms with Crippen LogP contribution in [0, 0.1) is 0 Å². The number of carbonyl (C=O) groups is 1. The van der Waals surface area contributed by atoms with Gasteiger partial charge in [0.05, 0.1) is 6.10 Å². The summed E-state index contributed by atoms with van der Waals surface area (Å²) in [6, 6.07) is -0.895. The molecular formula is C9H17NO6S. The summed E-state index contributed by atoms with van der Waals surface area (Å²) in [5.41, 5.74) is 5.31. The first-order chi connectivity index (χ1) is 7.93. The minimum atomic E-state index is -1.36. The fourth-order valence-electron chi connectivity index (χ4n) is 1.40. The van der Waals surface area contributed by atoms with Crippen molar-refractivity contribution in [3.8, 4) is 0 Å². The molecule has 1 aliphatic heterocycles. The van der Waals surface area contributed by atoms with E-state index in [1.165, 1.54) is 11.8 Å². The Morgan fingerprint density at radius 1 is 1.35 bits per heavy atom. The van der Waals surface area contributed by atoms with Gasteiger partial charge in [0.1, 0.15) is 18.2 Å². The molecule has 1 heterocycles. The van der Waals surface area contributed by atoms with Crippen LogP contribution in [0.25, 0.3) is 0 Å². The largest absolute Gasteiger partial charge is 0.480 e. The van der Waals surface area contributed by atoms with Crippen molar-refractivity contribution in [1.29, 1.82) is 0 Å². The van der Waals surface area contributed by atoms with Gasteiger partial charge >= 0.3 is 5.97 Å². The first-order valence-electron chi connectivity index (χ1n) is 5.19. The molecule has 0 aromatic heterocycles. The molecule has 0 aromatic carbocycles. The van der Waals surface area contributed by atoms with E-state index in [-0.39, 0.29) is 0 Å². The Morgan fingerprint density at radius 2 is 2.00 bits per heavy atom. The van der Waals surface area contributed by atoms with E-state index < -0.39 is 36.6 Å². The van der Waals surface area contributed by atoms with Crippen molar-refractivity contribution in [2.24, 2.45) is 5.73 Å². The average molecular weight is 267 g/mol. The fraction of sp³-hybridized carbons (Fsp3) is 0.889. The van der Waals surface area contributed by atoms with E-state index in [2.05, 4.69) is 0 Å². The maximum Gasteiger partial charge on any atom is 0.320 e. The Bertz CT molecular complexity index is 266. The quantitative estimate of drug-likeness (QED) is 0.348. The molecule has 1 rings (SSSR count). The van der Waals surface area contributed by atoms with E-state index in [4.69, 9.17) is 20.7 Å². The molecule has 1 fully saturated rings. The summed E-state index contributed by atoms with van der Waals surface area (Å²) in [5.74, 6) is -0.179. The summed E-state index contributed by atoms with van der Waals surface area (Å²) >= 11 is 1.35. The van der Waals surface area contributed by atoms with Crippen molar-refractivity contribution in [3.05, 3.63) is 0 Å². The fourth-order valence-corrected chi connectivity index (χ4v) is 2.50. The summed E-state index contributed by atoms with van der Waals surface area (Å²) in [7, 11) is 0. The molecule has 8 heteroatoms. The predicted octanol–water partition coefficient (Wildman–Crippen LogP) is -2.04. The molecule has 0 aromatic rings. The third-order valence-electron chi connectivity index (χ3n) is 2.51. The number of thioether (sulfide) groups is 1. The number of aliphatic hydroxyl groups is 3. The SMILES string of the molecule is N[C@@H](CCSC[C@H]1OC(O)[C@H](O)[C@@H]1O)C(=O)O. The van der Waals surface area contributed by atoms with Crippen LogP contribution >= 0.6 is 11.8 Å². The molecule has 0 bridgehead atoms.